The number of ether oxygens (including phenoxy) is 1. The van der Waals surface area contributed by atoms with Gasteiger partial charge in [0.25, 0.3) is 29.5 Å². The normalized spacial score (nSPS) is 26.5. The van der Waals surface area contributed by atoms with Crippen molar-refractivity contribution in [2.45, 2.75) is 205 Å². The van der Waals surface area contributed by atoms with Crippen molar-refractivity contribution in [2.24, 2.45) is 39.4 Å². The average Bonchev–Trinajstić information content (AvgIpc) is 1.37. The second-order valence-corrected chi connectivity index (χ2v) is 35.0. The van der Waals surface area contributed by atoms with Crippen LogP contribution in [0.5, 0.6) is 0 Å². The molecule has 5 aliphatic rings. The van der Waals surface area contributed by atoms with E-state index in [0.29, 0.717) is 6.42 Å². The molecule has 120 heavy (non-hydrogen) atoms. The number of nitrogens with zero attached hydrogens (tertiary/aromatic N) is 7. The summed E-state index contributed by atoms with van der Waals surface area (Å²) in [5.41, 5.74) is -1.23. The number of nitrogens with one attached hydrogen (secondary N) is 9. The third-order valence-electron chi connectivity index (χ3n) is 21.2. The van der Waals surface area contributed by atoms with Crippen LogP contribution in [0, 0.1) is 23.7 Å². The number of carbonyl (C=O) groups is 13. The zero-order valence-corrected chi connectivity index (χ0v) is 71.6. The van der Waals surface area contributed by atoms with Gasteiger partial charge in [0.15, 0.2) is 17.3 Å². The lowest BCUT2D eigenvalue weighted by atomic mass is 9.80. The van der Waals surface area contributed by atoms with Crippen molar-refractivity contribution in [3.8, 4) is 0 Å². The van der Waals surface area contributed by atoms with Gasteiger partial charge < -0.3 is 78.5 Å². The molecule has 0 saturated heterocycles. The molecule has 16 N–H and O–H groups in total. The Morgan fingerprint density at radius 3 is 2.14 bits per heavy atom. The van der Waals surface area contributed by atoms with E-state index in [4.69, 9.17) is 25.4 Å². The first-order chi connectivity index (χ1) is 56.5. The number of ketones is 3. The van der Waals surface area contributed by atoms with Crippen LogP contribution in [0.1, 0.15) is 236 Å². The van der Waals surface area contributed by atoms with Gasteiger partial charge in [-0.25, -0.2) is 29.7 Å². The highest BCUT2D eigenvalue weighted by atomic mass is 32.2. The summed E-state index contributed by atoms with van der Waals surface area (Å²) in [6, 6.07) is -6.76. The van der Waals surface area contributed by atoms with E-state index in [1.807, 2.05) is 6.92 Å². The Balaban J connectivity index is 1.16. The molecular weight excluding hydrogens is 1650 g/mol. The topological polar surface area (TPSA) is 556 Å². The zero-order valence-electron chi connectivity index (χ0n) is 67.5. The molecule has 5 aromatic rings. The Morgan fingerprint density at radius 2 is 1.48 bits per heavy atom. The smallest absolute Gasteiger partial charge is 0.357 e. The monoisotopic (exact) mass is 1750 g/mol. The number of rotatable bonds is 14. The van der Waals surface area contributed by atoms with Gasteiger partial charge >= 0.3 is 5.97 Å². The van der Waals surface area contributed by atoms with Crippen LogP contribution in [0.2, 0.25) is 0 Å². The summed E-state index contributed by atoms with van der Waals surface area (Å²) in [6.45, 7) is 25.4. The molecule has 36 nitrogen and oxygen atoms in total. The summed E-state index contributed by atoms with van der Waals surface area (Å²) in [4.78, 5) is 219. The molecule has 13 bridgehead atoms. The van der Waals surface area contributed by atoms with Crippen molar-refractivity contribution < 1.29 is 92.6 Å². The molecular formula is C79H95N17O19S5. The number of amides is 9. The van der Waals surface area contributed by atoms with Crippen LogP contribution < -0.4 is 53.6 Å². The van der Waals surface area contributed by atoms with Crippen molar-refractivity contribution in [1.29, 1.82) is 0 Å². The maximum absolute atomic E-state index is 15.5. The molecule has 0 saturated carbocycles. The molecule has 41 heteroatoms. The minimum Gasteiger partial charge on any atom is -0.455 e. The van der Waals surface area contributed by atoms with Crippen molar-refractivity contribution in [3.63, 3.8) is 0 Å². The molecule has 4 aliphatic heterocycles. The van der Waals surface area contributed by atoms with Gasteiger partial charge in [-0.1, -0.05) is 79.3 Å². The molecule has 1 aliphatic carbocycles. The molecule has 640 valence electrons. The van der Waals surface area contributed by atoms with Crippen LogP contribution in [0.3, 0.4) is 0 Å². The third kappa shape index (κ3) is 20.6. The van der Waals surface area contributed by atoms with Gasteiger partial charge in [-0.2, -0.15) is 0 Å². The summed E-state index contributed by atoms with van der Waals surface area (Å²) in [7, 11) is 0. The van der Waals surface area contributed by atoms with E-state index < -0.39 is 220 Å². The standard InChI is InChI=1S/C79H95N17O19S5/c1-15-32(5)57-56(102)22-33(6)65(106)82-35(8)54(100)21-34(7)66(107)96-79-20-19-46(74-92-51(29-118-74)68(109)83-36(9)67(108)88-48(63(80)104)25-81-64(105)31(3)4)86-62(79)50-27-119-75(90-50)59(39(12)115-76(113)47-23-42(37(10)97)41-17-18-45(84-57)61(103)60(41)85-47)95-69(110)52-28-116-72(91-52)43(78(14,114)40(13)99)24-55(101)49-26-117-73(89-49)44(16-2)87-71(112)58(38(11)98)94-70(111)53-30-120-77(79)93-53/h16-18,23,25,27-34,37-40,43,45,49,57-59,61-62,84,97-99,103,114H,8-9,15,19-22,24,26H2,1-7,10-14H3,(H2,80,104)(H,81,105)(H,82,106)(H,83,109)(H,87,112)(H,88,108)(H,94,111)(H,95,110)(H,96,107)/b44-16-,48-25?. The predicted octanol–water partition coefficient (Wildman–Crippen LogP) is 3.94. The Bertz CT molecular complexity index is 5110. The van der Waals surface area contributed by atoms with Crippen LogP contribution in [0.15, 0.2) is 91.9 Å². The van der Waals surface area contributed by atoms with Gasteiger partial charge in [-0.05, 0) is 71.9 Å². The van der Waals surface area contributed by atoms with Crippen LogP contribution >= 0.6 is 57.1 Å². The van der Waals surface area contributed by atoms with E-state index >= 15 is 14.4 Å². The quantitative estimate of drug-likeness (QED) is 0.0553. The lowest BCUT2D eigenvalue weighted by Crippen LogP contribution is -2.54. The number of aromatic nitrogens is 5. The number of hydrogen-bond acceptors (Lipinski definition) is 32. The molecule has 17 atom stereocenters. The summed E-state index contributed by atoms with van der Waals surface area (Å²) in [5, 5.41) is 87.7. The molecule has 0 aromatic carbocycles. The van der Waals surface area contributed by atoms with E-state index in [9.17, 15) is 73.5 Å². The lowest BCUT2D eigenvalue weighted by Gasteiger charge is -2.41. The van der Waals surface area contributed by atoms with E-state index in [0.717, 1.165) is 63.3 Å². The second kappa shape index (κ2) is 38.5. The fraction of sp³-hybridized carbons (Fsp3) is 0.468. The van der Waals surface area contributed by atoms with E-state index in [1.54, 1.807) is 39.8 Å². The number of Topliss-reactive ketones (excluding diaryl/α,β-unsaturated/α-hetero) is 3. The van der Waals surface area contributed by atoms with Crippen LogP contribution in [0.4, 0.5) is 0 Å². The molecule has 0 fully saturated rings. The number of pyridine rings is 1. The number of thioether (sulfide) groups is 1. The highest BCUT2D eigenvalue weighted by Gasteiger charge is 2.51. The van der Waals surface area contributed by atoms with E-state index in [1.165, 1.54) is 82.1 Å². The number of esters is 1. The van der Waals surface area contributed by atoms with Crippen molar-refractivity contribution in [3.05, 3.63) is 147 Å². The Hall–Kier alpha value is -10.5. The first kappa shape index (κ1) is 91.8. The zero-order chi connectivity index (χ0) is 88.0. The largest absolute Gasteiger partial charge is 0.455 e. The Kier molecular flexibility index (Phi) is 29.5. The van der Waals surface area contributed by atoms with Crippen LogP contribution in [-0.4, -0.2) is 192 Å². The van der Waals surface area contributed by atoms with E-state index in [2.05, 4.69) is 81.0 Å². The number of hydrogen-bond donors (Lipinski definition) is 15. The number of nitrogens with two attached hydrogens (primary N) is 1. The maximum Gasteiger partial charge on any atom is 0.357 e. The lowest BCUT2D eigenvalue weighted by molar-refractivity contribution is -0.131. The number of aliphatic hydroxyl groups is 5. The highest BCUT2D eigenvalue weighted by molar-refractivity contribution is 8.14. The van der Waals surface area contributed by atoms with Gasteiger partial charge in [0, 0.05) is 82.0 Å². The molecule has 9 heterocycles. The highest BCUT2D eigenvalue weighted by Crippen LogP contribution is 2.48. The minimum atomic E-state index is -2.10. The summed E-state index contributed by atoms with van der Waals surface area (Å²) >= 11 is 4.56. The number of allylic oxidation sites excluding steroid dienone is 2. The van der Waals surface area contributed by atoms with Crippen LogP contribution in [-0.2, 0) is 53.4 Å². The van der Waals surface area contributed by atoms with E-state index in [-0.39, 0.29) is 101 Å². The van der Waals surface area contributed by atoms with Gasteiger partial charge in [0.05, 0.1) is 75.2 Å². The molecule has 5 aromatic heterocycles. The van der Waals surface area contributed by atoms with Crippen molar-refractivity contribution in [1.82, 2.24) is 72.8 Å². The van der Waals surface area contributed by atoms with Crippen molar-refractivity contribution in [2.75, 3.05) is 5.75 Å². The van der Waals surface area contributed by atoms with Gasteiger partial charge in [-0.3, -0.25) is 72.8 Å². The molecule has 9 amide bonds. The SMILES string of the molecule is C=C1NC(=O)C(C)CC(=O)C(C(C)CC)NC2C=Cc3c(C(C)O)cc(nc3C2O)C(=O)OC(C)C2NC(=O)c3csc(n3)C(C(C)(O)C(C)O)CC(=O)C3CSC(=N3)/C(=C/C)NC(=O)C(C(C)O)NC(=O)c3csc(n3)C3(CCC(c4nc(C(=O)NC(=C)C(=O)NC(=CNC(=O)C(C)C)C(N)=O)cs4)=NC3c3csc2n3)NC(=O)C(C)CC1=O. The number of thiazole rings is 4. The summed E-state index contributed by atoms with van der Waals surface area (Å²) < 4.78 is 6.30. The second-order valence-electron chi connectivity index (χ2n) is 30.5. The molecule has 17 unspecified atom stereocenters. The Morgan fingerprint density at radius 1 is 0.792 bits per heavy atom. The average molecular weight is 1750 g/mol. The third-order valence-corrected chi connectivity index (χ3v) is 26.1. The number of aliphatic hydroxyl groups excluding tert-OH is 4. The van der Waals surface area contributed by atoms with Crippen molar-refractivity contribution >= 4 is 150 Å². The Labute approximate surface area is 709 Å². The number of cyclic esters (lactones) is 1. The molecule has 0 spiro atoms. The summed E-state index contributed by atoms with van der Waals surface area (Å²) in [6.07, 6.45) is -3.53. The van der Waals surface area contributed by atoms with Gasteiger partial charge in [-0.15, -0.1) is 57.1 Å². The molecule has 10 rings (SSSR count). The number of fused-ring (bicyclic) bond motifs is 7. The summed E-state index contributed by atoms with van der Waals surface area (Å²) in [5.74, 6) is -15.9. The first-order valence-electron chi connectivity index (χ1n) is 38.4. The minimum absolute atomic E-state index is 0.0125. The fourth-order valence-electron chi connectivity index (χ4n) is 13.4. The van der Waals surface area contributed by atoms with Gasteiger partial charge in [0.1, 0.15) is 90.5 Å². The van der Waals surface area contributed by atoms with Gasteiger partial charge in [0.2, 0.25) is 23.6 Å². The van der Waals surface area contributed by atoms with Crippen LogP contribution in [0.25, 0.3) is 6.08 Å². The first-order valence-corrected chi connectivity index (χ1v) is 42.9. The number of primary amides is 1. The molecule has 0 radical (unpaired) electrons. The number of carbonyl (C=O) groups excluding carboxylic acids is 13. The number of aliphatic imine (C=N–C) groups is 2. The maximum atomic E-state index is 15.5. The predicted molar refractivity (Wildman–Crippen MR) is 444 cm³/mol. The fourth-order valence-corrected chi connectivity index (χ4v) is 18.4.